The van der Waals surface area contributed by atoms with Crippen LogP contribution in [0.25, 0.3) is 0 Å². The maximum Gasteiger partial charge on any atom is 0.431 e. The minimum Gasteiger partial charge on any atom is -0.442 e. The van der Waals surface area contributed by atoms with Crippen molar-refractivity contribution in [2.24, 2.45) is 17.4 Å². The summed E-state index contributed by atoms with van der Waals surface area (Å²) in [5.41, 5.74) is 12.2. The summed E-state index contributed by atoms with van der Waals surface area (Å²) in [6.45, 7) is 6.16. The fourth-order valence-electron chi connectivity index (χ4n) is 1.98. The lowest BCUT2D eigenvalue weighted by Gasteiger charge is -2.19. The zero-order chi connectivity index (χ0) is 16.1. The zero-order valence-corrected chi connectivity index (χ0v) is 12.9. The van der Waals surface area contributed by atoms with Gasteiger partial charge in [-0.25, -0.2) is 4.79 Å². The summed E-state index contributed by atoms with van der Waals surface area (Å²) in [6, 6.07) is 0. The number of hydrogen-bond donors (Lipinski definition) is 4. The first-order chi connectivity index (χ1) is 9.69. The fourth-order valence-corrected chi connectivity index (χ4v) is 1.98. The molecule has 8 nitrogen and oxygen atoms in total. The molecular weight excluding hydrogens is 276 g/mol. The molecule has 0 aromatic carbocycles. The van der Waals surface area contributed by atoms with E-state index in [2.05, 4.69) is 10.8 Å². The van der Waals surface area contributed by atoms with Crippen LogP contribution in [0.3, 0.4) is 0 Å². The largest absolute Gasteiger partial charge is 0.442 e. The molecule has 1 rings (SSSR count). The third-order valence-electron chi connectivity index (χ3n) is 3.13. The Hall–Kier alpha value is -1.38. The van der Waals surface area contributed by atoms with E-state index in [0.29, 0.717) is 13.0 Å². The number of carbonyl (C=O) groups excluding carboxylic acids is 2. The van der Waals surface area contributed by atoms with E-state index in [-0.39, 0.29) is 25.0 Å². The van der Waals surface area contributed by atoms with Gasteiger partial charge in [0.2, 0.25) is 5.91 Å². The summed E-state index contributed by atoms with van der Waals surface area (Å²) in [7, 11) is 0. The molecule has 0 heterocycles. The Bertz CT molecular complexity index is 383. The van der Waals surface area contributed by atoms with Crippen molar-refractivity contribution in [3.8, 4) is 0 Å². The van der Waals surface area contributed by atoms with Gasteiger partial charge in [-0.2, -0.15) is 5.48 Å². The van der Waals surface area contributed by atoms with Gasteiger partial charge in [0.05, 0.1) is 12.1 Å². The molecule has 2 unspecified atom stereocenters. The molecule has 1 fully saturated rings. The number of nitrogens with two attached hydrogens (primary N) is 2. The molecule has 1 aliphatic carbocycles. The van der Waals surface area contributed by atoms with Gasteiger partial charge in [-0.15, -0.1) is 0 Å². The van der Waals surface area contributed by atoms with Crippen molar-refractivity contribution < 1.29 is 19.2 Å². The van der Waals surface area contributed by atoms with Crippen molar-refractivity contribution in [3.05, 3.63) is 0 Å². The van der Waals surface area contributed by atoms with E-state index >= 15 is 0 Å². The average molecular weight is 302 g/mol. The van der Waals surface area contributed by atoms with Gasteiger partial charge in [-0.05, 0) is 46.1 Å². The van der Waals surface area contributed by atoms with E-state index in [1.165, 1.54) is 0 Å². The predicted molar refractivity (Wildman–Crippen MR) is 77.0 cm³/mol. The highest BCUT2D eigenvalue weighted by Crippen LogP contribution is 2.43. The highest BCUT2D eigenvalue weighted by atomic mass is 16.7. The van der Waals surface area contributed by atoms with Crippen LogP contribution < -0.4 is 22.3 Å². The van der Waals surface area contributed by atoms with Crippen LogP contribution in [0.2, 0.25) is 0 Å². The van der Waals surface area contributed by atoms with Crippen LogP contribution in [0.1, 0.15) is 33.6 Å². The van der Waals surface area contributed by atoms with Crippen molar-refractivity contribution in [2.75, 3.05) is 19.7 Å². The third-order valence-corrected chi connectivity index (χ3v) is 3.13. The van der Waals surface area contributed by atoms with Crippen molar-refractivity contribution in [1.82, 2.24) is 10.8 Å². The summed E-state index contributed by atoms with van der Waals surface area (Å²) in [5.74, 6) is -0.0508. The first-order valence-electron chi connectivity index (χ1n) is 7.07. The van der Waals surface area contributed by atoms with Gasteiger partial charge < -0.3 is 21.5 Å². The molecule has 0 aromatic rings. The van der Waals surface area contributed by atoms with E-state index < -0.39 is 17.2 Å². The molecule has 6 N–H and O–H groups in total. The summed E-state index contributed by atoms with van der Waals surface area (Å²) >= 11 is 0. The Balaban J connectivity index is 2.10. The molecule has 0 radical (unpaired) electrons. The quantitative estimate of drug-likeness (QED) is 0.375. The van der Waals surface area contributed by atoms with E-state index in [4.69, 9.17) is 21.0 Å². The second-order valence-corrected chi connectivity index (χ2v) is 6.23. The fraction of sp³-hybridized carbons (Fsp3) is 0.846. The van der Waals surface area contributed by atoms with Crippen molar-refractivity contribution in [1.29, 1.82) is 0 Å². The minimum atomic E-state index is -0.794. The molecule has 8 heteroatoms. The molecule has 0 aromatic heterocycles. The zero-order valence-electron chi connectivity index (χ0n) is 12.9. The highest BCUT2D eigenvalue weighted by Gasteiger charge is 2.55. The van der Waals surface area contributed by atoms with Crippen LogP contribution in [-0.4, -0.2) is 42.8 Å². The normalized spacial score (nSPS) is 24.3. The predicted octanol–water partition coefficient (Wildman–Crippen LogP) is -0.375. The number of ether oxygens (including phenoxy) is 1. The topological polar surface area (TPSA) is 129 Å². The maximum absolute atomic E-state index is 11.9. The van der Waals surface area contributed by atoms with Gasteiger partial charge in [0.1, 0.15) is 5.60 Å². The Morgan fingerprint density at radius 1 is 1.38 bits per heavy atom. The van der Waals surface area contributed by atoms with Crippen LogP contribution in [0, 0.1) is 5.92 Å². The van der Waals surface area contributed by atoms with Crippen LogP contribution in [0.15, 0.2) is 0 Å². The monoisotopic (exact) mass is 302 g/mol. The molecule has 2 atom stereocenters. The highest BCUT2D eigenvalue weighted by molar-refractivity contribution is 5.89. The number of carbonyl (C=O) groups is 2. The molecular formula is C13H26N4O4. The molecule has 21 heavy (non-hydrogen) atoms. The van der Waals surface area contributed by atoms with Crippen LogP contribution in [0.4, 0.5) is 4.79 Å². The van der Waals surface area contributed by atoms with E-state index in [1.54, 1.807) is 20.8 Å². The number of hydroxylamine groups is 1. The van der Waals surface area contributed by atoms with E-state index in [1.807, 2.05) is 0 Å². The second kappa shape index (κ2) is 7.06. The van der Waals surface area contributed by atoms with Crippen LogP contribution >= 0.6 is 0 Å². The summed E-state index contributed by atoms with van der Waals surface area (Å²) < 4.78 is 4.98. The second-order valence-electron chi connectivity index (χ2n) is 6.23. The van der Waals surface area contributed by atoms with E-state index in [9.17, 15) is 9.59 Å². The van der Waals surface area contributed by atoms with Crippen molar-refractivity contribution >= 4 is 12.0 Å². The molecule has 0 saturated heterocycles. The standard InChI is InChI=1S/C13H26N4O4/c1-12(2,3)21-11(19)17-20-7-6-16-10(18)13(15)8-9(13)4-5-14/h9H,4-8,14-15H2,1-3H3,(H,16,18)(H,17,19). The Morgan fingerprint density at radius 3 is 2.62 bits per heavy atom. The van der Waals surface area contributed by atoms with Crippen molar-refractivity contribution in [3.63, 3.8) is 0 Å². The van der Waals surface area contributed by atoms with E-state index in [0.717, 1.165) is 6.42 Å². The molecule has 0 spiro atoms. The average Bonchev–Trinajstić information content (AvgIpc) is 2.99. The Morgan fingerprint density at radius 2 is 2.05 bits per heavy atom. The molecule has 1 saturated carbocycles. The lowest BCUT2D eigenvalue weighted by molar-refractivity contribution is -0.124. The van der Waals surface area contributed by atoms with Gasteiger partial charge in [-0.3, -0.25) is 9.63 Å². The first-order valence-corrected chi connectivity index (χ1v) is 7.07. The molecule has 2 amide bonds. The van der Waals surface area contributed by atoms with Gasteiger partial charge in [0.15, 0.2) is 0 Å². The lowest BCUT2D eigenvalue weighted by atomic mass is 10.1. The van der Waals surface area contributed by atoms with Gasteiger partial charge in [0.25, 0.3) is 0 Å². The number of amides is 2. The molecule has 1 aliphatic rings. The van der Waals surface area contributed by atoms with Crippen LogP contribution in [0.5, 0.6) is 0 Å². The maximum atomic E-state index is 11.9. The van der Waals surface area contributed by atoms with Crippen LogP contribution in [-0.2, 0) is 14.4 Å². The number of nitrogens with one attached hydrogen (secondary N) is 2. The summed E-state index contributed by atoms with van der Waals surface area (Å²) in [6.07, 6.45) is 0.738. The SMILES string of the molecule is CC(C)(C)OC(=O)NOCCNC(=O)C1(N)CC1CCN. The third kappa shape index (κ3) is 5.86. The number of rotatable bonds is 7. The van der Waals surface area contributed by atoms with Gasteiger partial charge >= 0.3 is 6.09 Å². The number of hydrogen-bond acceptors (Lipinski definition) is 6. The van der Waals surface area contributed by atoms with Gasteiger partial charge in [-0.1, -0.05) is 0 Å². The molecule has 0 bridgehead atoms. The molecule has 0 aliphatic heterocycles. The summed E-state index contributed by atoms with van der Waals surface area (Å²) in [5, 5.41) is 2.67. The van der Waals surface area contributed by atoms with Crippen molar-refractivity contribution in [2.45, 2.75) is 44.8 Å². The summed E-state index contributed by atoms with van der Waals surface area (Å²) in [4.78, 5) is 28.0. The molecule has 122 valence electrons. The minimum absolute atomic E-state index is 0.128. The first kappa shape index (κ1) is 17.7. The van der Waals surface area contributed by atoms with Gasteiger partial charge in [0, 0.05) is 6.54 Å². The Kier molecular flexibility index (Phi) is 5.94. The Labute approximate surface area is 124 Å². The lowest BCUT2D eigenvalue weighted by Crippen LogP contribution is -2.46. The smallest absolute Gasteiger partial charge is 0.431 e.